The quantitative estimate of drug-likeness (QED) is 0.642. The number of methoxy groups -OCH3 is 1. The van der Waals surface area contributed by atoms with Gasteiger partial charge >= 0.3 is 0 Å². The number of nitrogens with two attached hydrogens (primary N) is 1. The highest BCUT2D eigenvalue weighted by molar-refractivity contribution is 4.81. The second kappa shape index (κ2) is 8.06. The van der Waals surface area contributed by atoms with Crippen LogP contribution in [0.25, 0.3) is 0 Å². The molecule has 0 spiro atoms. The smallest absolute Gasteiger partial charge is 0.0462 e. The molecule has 0 aliphatic heterocycles. The molecular formula is C14H30N2O. The number of ether oxygens (including phenoxy) is 1. The zero-order chi connectivity index (χ0) is 12.6. The summed E-state index contributed by atoms with van der Waals surface area (Å²) in [4.78, 5) is 0. The molecule has 0 aromatic carbocycles. The normalized spacial score (nSPS) is 21.4. The minimum absolute atomic E-state index is 0.275. The van der Waals surface area contributed by atoms with E-state index >= 15 is 0 Å². The van der Waals surface area contributed by atoms with Gasteiger partial charge in [-0.05, 0) is 31.1 Å². The fraction of sp³-hybridized carbons (Fsp3) is 1.00. The van der Waals surface area contributed by atoms with Crippen molar-refractivity contribution >= 4 is 0 Å². The largest absolute Gasteiger partial charge is 0.385 e. The number of hydrogen-bond donors (Lipinski definition) is 2. The minimum atomic E-state index is 0.275. The minimum Gasteiger partial charge on any atom is -0.385 e. The Bertz CT molecular complexity index is 191. The lowest BCUT2D eigenvalue weighted by Crippen LogP contribution is -2.40. The van der Waals surface area contributed by atoms with Crippen LogP contribution in [0.5, 0.6) is 0 Å². The third kappa shape index (κ3) is 6.39. The first-order valence-corrected chi connectivity index (χ1v) is 7.11. The Hall–Kier alpha value is -0.120. The van der Waals surface area contributed by atoms with Crippen molar-refractivity contribution in [3.63, 3.8) is 0 Å². The van der Waals surface area contributed by atoms with E-state index in [0.717, 1.165) is 32.5 Å². The van der Waals surface area contributed by atoms with E-state index in [0.29, 0.717) is 5.41 Å². The molecule has 0 amide bonds. The third-order valence-corrected chi connectivity index (χ3v) is 3.94. The first-order chi connectivity index (χ1) is 8.16. The summed E-state index contributed by atoms with van der Waals surface area (Å²) in [6.07, 6.45) is 9.09. The van der Waals surface area contributed by atoms with Crippen molar-refractivity contribution in [1.82, 2.24) is 5.32 Å². The highest BCUT2D eigenvalue weighted by Crippen LogP contribution is 2.34. The molecular weight excluding hydrogens is 212 g/mol. The maximum Gasteiger partial charge on any atom is 0.0462 e. The van der Waals surface area contributed by atoms with Gasteiger partial charge in [-0.25, -0.2) is 0 Å². The zero-order valence-electron chi connectivity index (χ0n) is 11.6. The first kappa shape index (κ1) is 14.9. The summed E-state index contributed by atoms with van der Waals surface area (Å²) in [6.45, 7) is 5.31. The van der Waals surface area contributed by atoms with E-state index in [4.69, 9.17) is 10.5 Å². The summed E-state index contributed by atoms with van der Waals surface area (Å²) in [5.41, 5.74) is 6.57. The van der Waals surface area contributed by atoms with Crippen LogP contribution >= 0.6 is 0 Å². The molecule has 3 N–H and O–H groups in total. The van der Waals surface area contributed by atoms with Crippen molar-refractivity contribution in [1.29, 1.82) is 0 Å². The Kier molecular flexibility index (Phi) is 7.09. The molecule has 1 saturated carbocycles. The molecule has 0 aromatic heterocycles. The van der Waals surface area contributed by atoms with Crippen LogP contribution in [0, 0.1) is 5.41 Å². The molecule has 1 aliphatic rings. The predicted octanol–water partition coefficient (Wildman–Crippen LogP) is 2.30. The number of rotatable bonds is 8. The molecule has 3 nitrogen and oxygen atoms in total. The molecule has 102 valence electrons. The molecule has 1 fully saturated rings. The van der Waals surface area contributed by atoms with Crippen LogP contribution in [0.1, 0.15) is 51.9 Å². The van der Waals surface area contributed by atoms with Crippen LogP contribution in [-0.4, -0.2) is 32.8 Å². The van der Waals surface area contributed by atoms with Gasteiger partial charge in [0, 0.05) is 32.8 Å². The average Bonchev–Trinajstić information content (AvgIpc) is 2.30. The van der Waals surface area contributed by atoms with Crippen LogP contribution in [0.4, 0.5) is 0 Å². The van der Waals surface area contributed by atoms with Crippen LogP contribution in [0.3, 0.4) is 0 Å². The number of nitrogens with one attached hydrogen (secondary N) is 1. The molecule has 3 heteroatoms. The van der Waals surface area contributed by atoms with E-state index in [-0.39, 0.29) is 6.04 Å². The SMILES string of the molecule is COCCCC(N)CNCC1(C)CCCCC1. The standard InChI is InChI=1S/C14H30N2O/c1-14(8-4-3-5-9-14)12-16-11-13(15)7-6-10-17-2/h13,16H,3-12,15H2,1-2H3. The molecule has 1 unspecified atom stereocenters. The molecule has 0 saturated heterocycles. The summed E-state index contributed by atoms with van der Waals surface area (Å²) in [7, 11) is 1.74. The Morgan fingerprint density at radius 2 is 2.00 bits per heavy atom. The molecule has 0 bridgehead atoms. The van der Waals surface area contributed by atoms with Gasteiger partial charge in [-0.2, -0.15) is 0 Å². The van der Waals surface area contributed by atoms with Gasteiger partial charge in [0.1, 0.15) is 0 Å². The van der Waals surface area contributed by atoms with Gasteiger partial charge in [0.15, 0.2) is 0 Å². The first-order valence-electron chi connectivity index (χ1n) is 7.11. The van der Waals surface area contributed by atoms with Gasteiger partial charge < -0.3 is 15.8 Å². The van der Waals surface area contributed by atoms with Crippen molar-refractivity contribution in [2.75, 3.05) is 26.8 Å². The van der Waals surface area contributed by atoms with Gasteiger partial charge in [-0.15, -0.1) is 0 Å². The van der Waals surface area contributed by atoms with Crippen LogP contribution in [0.2, 0.25) is 0 Å². The lowest BCUT2D eigenvalue weighted by atomic mass is 9.76. The van der Waals surface area contributed by atoms with Gasteiger partial charge in [-0.1, -0.05) is 26.2 Å². The van der Waals surface area contributed by atoms with E-state index < -0.39 is 0 Å². The predicted molar refractivity (Wildman–Crippen MR) is 73.1 cm³/mol. The van der Waals surface area contributed by atoms with Gasteiger partial charge in [0.2, 0.25) is 0 Å². The monoisotopic (exact) mass is 242 g/mol. The van der Waals surface area contributed by atoms with E-state index in [2.05, 4.69) is 12.2 Å². The average molecular weight is 242 g/mol. The van der Waals surface area contributed by atoms with Crippen LogP contribution in [0.15, 0.2) is 0 Å². The van der Waals surface area contributed by atoms with E-state index in [9.17, 15) is 0 Å². The van der Waals surface area contributed by atoms with Crippen molar-refractivity contribution in [3.05, 3.63) is 0 Å². The summed E-state index contributed by atoms with van der Waals surface area (Å²) in [5, 5.41) is 3.56. The van der Waals surface area contributed by atoms with Gasteiger partial charge in [-0.3, -0.25) is 0 Å². The molecule has 0 heterocycles. The summed E-state index contributed by atoms with van der Waals surface area (Å²) in [6, 6.07) is 0.275. The van der Waals surface area contributed by atoms with Crippen molar-refractivity contribution in [2.24, 2.45) is 11.1 Å². The summed E-state index contributed by atoms with van der Waals surface area (Å²) in [5.74, 6) is 0. The maximum atomic E-state index is 6.06. The van der Waals surface area contributed by atoms with Crippen molar-refractivity contribution in [3.8, 4) is 0 Å². The Morgan fingerprint density at radius 3 is 2.65 bits per heavy atom. The molecule has 1 rings (SSSR count). The Morgan fingerprint density at radius 1 is 1.29 bits per heavy atom. The highest BCUT2D eigenvalue weighted by atomic mass is 16.5. The summed E-state index contributed by atoms with van der Waals surface area (Å²) >= 11 is 0. The Labute approximate surface area is 106 Å². The fourth-order valence-corrected chi connectivity index (χ4v) is 2.73. The van der Waals surface area contributed by atoms with Crippen LogP contribution in [-0.2, 0) is 4.74 Å². The van der Waals surface area contributed by atoms with E-state index in [1.165, 1.54) is 32.1 Å². The topological polar surface area (TPSA) is 47.3 Å². The molecule has 1 aliphatic carbocycles. The molecule has 0 radical (unpaired) electrons. The fourth-order valence-electron chi connectivity index (χ4n) is 2.73. The van der Waals surface area contributed by atoms with Gasteiger partial charge in [0.25, 0.3) is 0 Å². The lowest BCUT2D eigenvalue weighted by Gasteiger charge is -2.34. The zero-order valence-corrected chi connectivity index (χ0v) is 11.6. The maximum absolute atomic E-state index is 6.06. The second-order valence-electron chi connectivity index (χ2n) is 5.90. The van der Waals surface area contributed by atoms with E-state index in [1.54, 1.807) is 7.11 Å². The van der Waals surface area contributed by atoms with Gasteiger partial charge in [0.05, 0.1) is 0 Å². The molecule has 17 heavy (non-hydrogen) atoms. The van der Waals surface area contributed by atoms with Crippen LogP contribution < -0.4 is 11.1 Å². The third-order valence-electron chi connectivity index (χ3n) is 3.94. The van der Waals surface area contributed by atoms with Crippen molar-refractivity contribution in [2.45, 2.75) is 57.9 Å². The lowest BCUT2D eigenvalue weighted by molar-refractivity contribution is 0.188. The summed E-state index contributed by atoms with van der Waals surface area (Å²) < 4.78 is 5.03. The molecule has 1 atom stereocenters. The Balaban J connectivity index is 2.05. The molecule has 0 aromatic rings. The van der Waals surface area contributed by atoms with E-state index in [1.807, 2.05) is 0 Å². The number of hydrogen-bond acceptors (Lipinski definition) is 3. The highest BCUT2D eigenvalue weighted by Gasteiger charge is 2.26. The second-order valence-corrected chi connectivity index (χ2v) is 5.90. The van der Waals surface area contributed by atoms with Crippen molar-refractivity contribution < 1.29 is 4.74 Å².